The first-order valence-electron chi connectivity index (χ1n) is 7.77. The van der Waals surface area contributed by atoms with Crippen LogP contribution in [0, 0.1) is 0 Å². The van der Waals surface area contributed by atoms with E-state index in [4.69, 9.17) is 4.74 Å². The van der Waals surface area contributed by atoms with Crippen molar-refractivity contribution in [2.45, 2.75) is 44.2 Å². The van der Waals surface area contributed by atoms with Crippen LogP contribution in [0.4, 0.5) is 0 Å². The zero-order valence-corrected chi connectivity index (χ0v) is 12.5. The van der Waals surface area contributed by atoms with Gasteiger partial charge in [-0.1, -0.05) is 30.3 Å². The van der Waals surface area contributed by atoms with Crippen molar-refractivity contribution in [3.63, 3.8) is 0 Å². The predicted molar refractivity (Wildman–Crippen MR) is 81.7 cm³/mol. The molecule has 1 N–H and O–H groups in total. The van der Waals surface area contributed by atoms with Gasteiger partial charge in [0.05, 0.1) is 6.10 Å². The number of aliphatic hydroxyl groups excluding tert-OH is 1. The summed E-state index contributed by atoms with van der Waals surface area (Å²) in [6, 6.07) is 10.6. The van der Waals surface area contributed by atoms with Crippen molar-refractivity contribution < 1.29 is 9.84 Å². The Kier molecular flexibility index (Phi) is 6.51. The van der Waals surface area contributed by atoms with Crippen molar-refractivity contribution in [1.82, 2.24) is 4.90 Å². The normalized spacial score (nSPS) is 21.2. The first-order valence-corrected chi connectivity index (χ1v) is 7.77. The maximum atomic E-state index is 10.4. The Labute approximate surface area is 122 Å². The largest absolute Gasteiger partial charge is 0.388 e. The molecule has 3 heteroatoms. The minimum atomic E-state index is -0.333. The second kappa shape index (κ2) is 8.40. The van der Waals surface area contributed by atoms with Crippen molar-refractivity contribution in [1.29, 1.82) is 0 Å². The summed E-state index contributed by atoms with van der Waals surface area (Å²) in [6.45, 7) is 3.17. The molecule has 112 valence electrons. The SMILES string of the molecule is COCCCCN1CCCC1CC(O)c1ccccc1. The lowest BCUT2D eigenvalue weighted by Crippen LogP contribution is -2.31. The van der Waals surface area contributed by atoms with Gasteiger partial charge < -0.3 is 14.7 Å². The van der Waals surface area contributed by atoms with Gasteiger partial charge >= 0.3 is 0 Å². The smallest absolute Gasteiger partial charge is 0.0805 e. The van der Waals surface area contributed by atoms with E-state index >= 15 is 0 Å². The Morgan fingerprint density at radius 2 is 2.10 bits per heavy atom. The summed E-state index contributed by atoms with van der Waals surface area (Å²) in [5, 5.41) is 10.4. The molecule has 3 nitrogen and oxygen atoms in total. The van der Waals surface area contributed by atoms with Gasteiger partial charge in [0.25, 0.3) is 0 Å². The lowest BCUT2D eigenvalue weighted by atomic mass is 10.0. The maximum Gasteiger partial charge on any atom is 0.0805 e. The van der Waals surface area contributed by atoms with Gasteiger partial charge in [0.1, 0.15) is 0 Å². The van der Waals surface area contributed by atoms with Crippen molar-refractivity contribution in [2.24, 2.45) is 0 Å². The zero-order valence-electron chi connectivity index (χ0n) is 12.5. The Balaban J connectivity index is 1.78. The minimum absolute atomic E-state index is 0.333. The van der Waals surface area contributed by atoms with Crippen LogP contribution < -0.4 is 0 Å². The number of unbranched alkanes of at least 4 members (excludes halogenated alkanes) is 1. The molecule has 2 atom stereocenters. The van der Waals surface area contributed by atoms with E-state index in [9.17, 15) is 5.11 Å². The molecule has 2 rings (SSSR count). The standard InChI is InChI=1S/C17H27NO2/c1-20-13-6-5-11-18-12-7-10-16(18)14-17(19)15-8-3-2-4-9-15/h2-4,8-9,16-17,19H,5-7,10-14H2,1H3. The van der Waals surface area contributed by atoms with E-state index in [2.05, 4.69) is 4.90 Å². The number of aliphatic hydroxyl groups is 1. The van der Waals surface area contributed by atoms with E-state index < -0.39 is 0 Å². The summed E-state index contributed by atoms with van der Waals surface area (Å²) in [5.74, 6) is 0. The van der Waals surface area contributed by atoms with Gasteiger partial charge in [-0.05, 0) is 50.8 Å². The lowest BCUT2D eigenvalue weighted by Gasteiger charge is -2.26. The molecule has 1 aliphatic heterocycles. The average molecular weight is 277 g/mol. The van der Waals surface area contributed by atoms with Crippen LogP contribution in [0.2, 0.25) is 0 Å². The number of likely N-dealkylation sites (tertiary alicyclic amines) is 1. The summed E-state index contributed by atoms with van der Waals surface area (Å²) < 4.78 is 5.10. The Morgan fingerprint density at radius 1 is 1.30 bits per heavy atom. The molecule has 0 aromatic heterocycles. The maximum absolute atomic E-state index is 10.4. The van der Waals surface area contributed by atoms with Crippen LogP contribution in [0.1, 0.15) is 43.8 Å². The molecule has 1 fully saturated rings. The number of ether oxygens (including phenoxy) is 1. The highest BCUT2D eigenvalue weighted by molar-refractivity contribution is 5.17. The number of methoxy groups -OCH3 is 1. The number of nitrogens with zero attached hydrogens (tertiary/aromatic N) is 1. The van der Waals surface area contributed by atoms with E-state index in [1.54, 1.807) is 7.11 Å². The van der Waals surface area contributed by atoms with E-state index in [1.807, 2.05) is 30.3 Å². The van der Waals surface area contributed by atoms with E-state index in [0.29, 0.717) is 6.04 Å². The molecule has 0 radical (unpaired) electrons. The Hall–Kier alpha value is -0.900. The molecule has 1 aromatic carbocycles. The molecular formula is C17H27NO2. The highest BCUT2D eigenvalue weighted by Gasteiger charge is 2.26. The van der Waals surface area contributed by atoms with Crippen molar-refractivity contribution >= 4 is 0 Å². The molecule has 0 saturated carbocycles. The molecule has 20 heavy (non-hydrogen) atoms. The third-order valence-electron chi connectivity index (χ3n) is 4.22. The van der Waals surface area contributed by atoms with Gasteiger partial charge in [0.15, 0.2) is 0 Å². The van der Waals surface area contributed by atoms with Gasteiger partial charge in [-0.2, -0.15) is 0 Å². The Morgan fingerprint density at radius 3 is 2.85 bits per heavy atom. The van der Waals surface area contributed by atoms with Gasteiger partial charge in [0, 0.05) is 19.8 Å². The second-order valence-corrected chi connectivity index (χ2v) is 5.69. The van der Waals surface area contributed by atoms with Crippen LogP contribution in [0.5, 0.6) is 0 Å². The molecule has 0 spiro atoms. The summed E-state index contributed by atoms with van der Waals surface area (Å²) in [7, 11) is 1.76. The third-order valence-corrected chi connectivity index (χ3v) is 4.22. The van der Waals surface area contributed by atoms with E-state index in [0.717, 1.165) is 31.6 Å². The van der Waals surface area contributed by atoms with Crippen LogP contribution in [0.25, 0.3) is 0 Å². The minimum Gasteiger partial charge on any atom is -0.388 e. The predicted octanol–water partition coefficient (Wildman–Crippen LogP) is 3.00. The summed E-state index contributed by atoms with van der Waals surface area (Å²) in [4.78, 5) is 2.54. The quantitative estimate of drug-likeness (QED) is 0.741. The van der Waals surface area contributed by atoms with E-state index in [-0.39, 0.29) is 6.10 Å². The average Bonchev–Trinajstić information content (AvgIpc) is 2.92. The molecule has 1 aliphatic rings. The molecule has 0 bridgehead atoms. The molecule has 2 unspecified atom stereocenters. The molecule has 1 aromatic rings. The second-order valence-electron chi connectivity index (χ2n) is 5.69. The van der Waals surface area contributed by atoms with Gasteiger partial charge in [-0.25, -0.2) is 0 Å². The third kappa shape index (κ3) is 4.58. The number of hydrogen-bond donors (Lipinski definition) is 1. The number of hydrogen-bond acceptors (Lipinski definition) is 3. The van der Waals surface area contributed by atoms with E-state index in [1.165, 1.54) is 25.8 Å². The fraction of sp³-hybridized carbons (Fsp3) is 0.647. The van der Waals surface area contributed by atoms with Crippen LogP contribution >= 0.6 is 0 Å². The topological polar surface area (TPSA) is 32.7 Å². The molecular weight excluding hydrogens is 250 g/mol. The van der Waals surface area contributed by atoms with Crippen LogP contribution in [0.3, 0.4) is 0 Å². The van der Waals surface area contributed by atoms with Crippen molar-refractivity contribution in [2.75, 3.05) is 26.8 Å². The van der Waals surface area contributed by atoms with Crippen LogP contribution in [-0.4, -0.2) is 42.9 Å². The van der Waals surface area contributed by atoms with Gasteiger partial charge in [-0.3, -0.25) is 0 Å². The molecule has 0 amide bonds. The fourth-order valence-corrected chi connectivity index (χ4v) is 3.09. The highest BCUT2D eigenvalue weighted by Crippen LogP contribution is 2.27. The number of benzene rings is 1. The first-order chi connectivity index (χ1) is 9.81. The summed E-state index contributed by atoms with van der Waals surface area (Å²) in [5.41, 5.74) is 1.04. The number of rotatable bonds is 8. The van der Waals surface area contributed by atoms with Crippen LogP contribution in [-0.2, 0) is 4.74 Å². The monoisotopic (exact) mass is 277 g/mol. The zero-order chi connectivity index (χ0) is 14.2. The molecule has 1 saturated heterocycles. The Bertz CT molecular complexity index is 369. The highest BCUT2D eigenvalue weighted by atomic mass is 16.5. The molecule has 0 aliphatic carbocycles. The van der Waals surface area contributed by atoms with Crippen molar-refractivity contribution in [3.8, 4) is 0 Å². The summed E-state index contributed by atoms with van der Waals surface area (Å²) in [6.07, 6.45) is 5.31. The lowest BCUT2D eigenvalue weighted by molar-refractivity contribution is 0.117. The van der Waals surface area contributed by atoms with Gasteiger partial charge in [-0.15, -0.1) is 0 Å². The van der Waals surface area contributed by atoms with Gasteiger partial charge in [0.2, 0.25) is 0 Å². The summed E-state index contributed by atoms with van der Waals surface area (Å²) >= 11 is 0. The fourth-order valence-electron chi connectivity index (χ4n) is 3.09. The molecule has 1 heterocycles. The van der Waals surface area contributed by atoms with Crippen LogP contribution in [0.15, 0.2) is 30.3 Å². The first kappa shape index (κ1) is 15.5. The van der Waals surface area contributed by atoms with Crippen molar-refractivity contribution in [3.05, 3.63) is 35.9 Å².